The molecule has 2 N–H and O–H groups in total. The van der Waals surface area contributed by atoms with Gasteiger partial charge in [0.25, 0.3) is 17.5 Å². The van der Waals surface area contributed by atoms with Gasteiger partial charge in [-0.2, -0.15) is 5.10 Å². The van der Waals surface area contributed by atoms with Gasteiger partial charge in [0.2, 0.25) is 6.79 Å². The lowest BCUT2D eigenvalue weighted by atomic mass is 10.1. The van der Waals surface area contributed by atoms with Gasteiger partial charge < -0.3 is 14.8 Å². The SMILES string of the molecule is O=C(N/N=C/C=C/c1ccccc1[N+](=O)[O-])/C(=C\c1ccc2c(c1)OCO2)NC(=O)c1ccccc1. The molecular weight excluding hydrogens is 464 g/mol. The van der Waals surface area contributed by atoms with Gasteiger partial charge in [0.05, 0.1) is 10.5 Å². The number of fused-ring (bicyclic) bond motifs is 1. The van der Waals surface area contributed by atoms with Gasteiger partial charge in [-0.3, -0.25) is 19.7 Å². The quantitative estimate of drug-likeness (QED) is 0.216. The Morgan fingerprint density at radius 2 is 1.72 bits per heavy atom. The fourth-order valence-electron chi connectivity index (χ4n) is 3.25. The lowest BCUT2D eigenvalue weighted by Crippen LogP contribution is -2.32. The second-order valence-corrected chi connectivity index (χ2v) is 7.39. The minimum Gasteiger partial charge on any atom is -0.454 e. The molecule has 10 nitrogen and oxygen atoms in total. The maximum Gasteiger partial charge on any atom is 0.287 e. The molecule has 0 saturated carbocycles. The van der Waals surface area contributed by atoms with Crippen molar-refractivity contribution in [2.45, 2.75) is 0 Å². The van der Waals surface area contributed by atoms with Gasteiger partial charge in [0, 0.05) is 17.8 Å². The molecule has 180 valence electrons. The Hall–Kier alpha value is -5.25. The van der Waals surface area contributed by atoms with Crippen LogP contribution in [0.25, 0.3) is 12.2 Å². The first-order chi connectivity index (χ1) is 17.5. The molecule has 0 aromatic heterocycles. The molecule has 0 saturated heterocycles. The Labute approximate surface area is 205 Å². The molecular formula is C26H20N4O6. The first kappa shape index (κ1) is 23.9. The molecule has 3 aromatic rings. The van der Waals surface area contributed by atoms with Gasteiger partial charge in [-0.1, -0.05) is 36.4 Å². The standard InChI is InChI=1S/C26H20N4O6/c31-25(20-8-2-1-3-9-20)28-21(15-18-12-13-23-24(16-18)36-17-35-23)26(32)29-27-14-6-10-19-7-4-5-11-22(19)30(33)34/h1-16H,17H2,(H,28,31)(H,29,32)/b10-6+,21-15+,27-14+. The number of nitrogens with one attached hydrogen (secondary N) is 2. The Bertz CT molecular complexity index is 1380. The predicted octanol–water partition coefficient (Wildman–Crippen LogP) is 3.91. The van der Waals surface area contributed by atoms with E-state index < -0.39 is 16.7 Å². The number of nitro groups is 1. The number of nitrogens with zero attached hydrogens (tertiary/aromatic N) is 2. The van der Waals surface area contributed by atoms with E-state index in [9.17, 15) is 19.7 Å². The summed E-state index contributed by atoms with van der Waals surface area (Å²) in [4.78, 5) is 36.1. The maximum absolute atomic E-state index is 12.8. The first-order valence-corrected chi connectivity index (χ1v) is 10.7. The van der Waals surface area contributed by atoms with Crippen LogP contribution < -0.4 is 20.2 Å². The smallest absolute Gasteiger partial charge is 0.287 e. The highest BCUT2D eigenvalue weighted by atomic mass is 16.7. The zero-order valence-electron chi connectivity index (χ0n) is 18.8. The van der Waals surface area contributed by atoms with Crippen molar-refractivity contribution in [2.24, 2.45) is 5.10 Å². The summed E-state index contributed by atoms with van der Waals surface area (Å²) in [5, 5.41) is 17.6. The van der Waals surface area contributed by atoms with Crippen molar-refractivity contribution < 1.29 is 24.0 Å². The van der Waals surface area contributed by atoms with Crippen molar-refractivity contribution in [3.8, 4) is 11.5 Å². The van der Waals surface area contributed by atoms with E-state index in [0.29, 0.717) is 28.2 Å². The van der Waals surface area contributed by atoms with E-state index in [2.05, 4.69) is 15.8 Å². The van der Waals surface area contributed by atoms with Crippen LogP contribution >= 0.6 is 0 Å². The van der Waals surface area contributed by atoms with E-state index in [1.54, 1.807) is 66.7 Å². The Kier molecular flexibility index (Phi) is 7.47. The number of carbonyl (C=O) groups is 2. The fourth-order valence-corrected chi connectivity index (χ4v) is 3.25. The summed E-state index contributed by atoms with van der Waals surface area (Å²) in [6, 6.07) is 19.8. The molecule has 0 bridgehead atoms. The van der Waals surface area contributed by atoms with Crippen LogP contribution in [0.2, 0.25) is 0 Å². The van der Waals surface area contributed by atoms with Crippen LogP contribution in [0, 0.1) is 10.1 Å². The zero-order chi connectivity index (χ0) is 25.3. The lowest BCUT2D eigenvalue weighted by molar-refractivity contribution is -0.385. The van der Waals surface area contributed by atoms with Crippen molar-refractivity contribution in [3.05, 3.63) is 111 Å². The van der Waals surface area contributed by atoms with Crippen LogP contribution in [0.4, 0.5) is 5.69 Å². The van der Waals surface area contributed by atoms with Crippen molar-refractivity contribution in [3.63, 3.8) is 0 Å². The third-order valence-electron chi connectivity index (χ3n) is 4.97. The number of benzene rings is 3. The highest BCUT2D eigenvalue weighted by Gasteiger charge is 2.17. The Morgan fingerprint density at radius 1 is 0.972 bits per heavy atom. The molecule has 4 rings (SSSR count). The molecule has 0 spiro atoms. The number of allylic oxidation sites excluding steroid dienone is 1. The van der Waals surface area contributed by atoms with Crippen LogP contribution in [-0.2, 0) is 4.79 Å². The number of para-hydroxylation sites is 1. The van der Waals surface area contributed by atoms with Crippen molar-refractivity contribution in [1.82, 2.24) is 10.7 Å². The summed E-state index contributed by atoms with van der Waals surface area (Å²) < 4.78 is 10.7. The number of hydrogen-bond donors (Lipinski definition) is 2. The minimum atomic E-state index is -0.674. The van der Waals surface area contributed by atoms with E-state index in [0.717, 1.165) is 0 Å². The van der Waals surface area contributed by atoms with Crippen LogP contribution in [-0.4, -0.2) is 29.7 Å². The van der Waals surface area contributed by atoms with Crippen LogP contribution in [0.3, 0.4) is 0 Å². The summed E-state index contributed by atoms with van der Waals surface area (Å²) in [6.07, 6.45) is 5.70. The summed E-state index contributed by atoms with van der Waals surface area (Å²) in [7, 11) is 0. The first-order valence-electron chi connectivity index (χ1n) is 10.7. The van der Waals surface area contributed by atoms with Gasteiger partial charge >= 0.3 is 0 Å². The van der Waals surface area contributed by atoms with Crippen molar-refractivity contribution in [1.29, 1.82) is 0 Å². The summed E-state index contributed by atoms with van der Waals surface area (Å²) in [5.74, 6) is -0.0390. The van der Waals surface area contributed by atoms with Crippen LogP contribution in [0.5, 0.6) is 11.5 Å². The van der Waals surface area contributed by atoms with Gasteiger partial charge in [-0.25, -0.2) is 5.43 Å². The monoisotopic (exact) mass is 484 g/mol. The van der Waals surface area contributed by atoms with Gasteiger partial charge in [0.1, 0.15) is 5.70 Å². The van der Waals surface area contributed by atoms with Crippen LogP contribution in [0.1, 0.15) is 21.5 Å². The molecule has 2 amide bonds. The molecule has 0 radical (unpaired) electrons. The molecule has 36 heavy (non-hydrogen) atoms. The lowest BCUT2D eigenvalue weighted by Gasteiger charge is -2.09. The van der Waals surface area contributed by atoms with Crippen molar-refractivity contribution in [2.75, 3.05) is 6.79 Å². The number of nitro benzene ring substituents is 1. The number of ether oxygens (including phenoxy) is 2. The molecule has 3 aromatic carbocycles. The zero-order valence-corrected chi connectivity index (χ0v) is 18.8. The topological polar surface area (TPSA) is 132 Å². The Morgan fingerprint density at radius 3 is 2.53 bits per heavy atom. The normalized spacial score (nSPS) is 12.6. The number of carbonyl (C=O) groups excluding carboxylic acids is 2. The number of hydrogen-bond acceptors (Lipinski definition) is 7. The molecule has 1 aliphatic rings. The molecule has 1 aliphatic heterocycles. The summed E-state index contributed by atoms with van der Waals surface area (Å²) >= 11 is 0. The molecule has 0 unspecified atom stereocenters. The third-order valence-corrected chi connectivity index (χ3v) is 4.97. The highest BCUT2D eigenvalue weighted by molar-refractivity contribution is 6.05. The number of hydrazone groups is 1. The maximum atomic E-state index is 12.8. The third kappa shape index (κ3) is 6.00. The second-order valence-electron chi connectivity index (χ2n) is 7.39. The molecule has 0 atom stereocenters. The second kappa shape index (κ2) is 11.3. The average Bonchev–Trinajstić information content (AvgIpc) is 3.36. The Balaban J connectivity index is 1.50. The number of rotatable bonds is 8. The average molecular weight is 484 g/mol. The van der Waals surface area contributed by atoms with Gasteiger partial charge in [-0.05, 0) is 54.1 Å². The molecule has 10 heteroatoms. The van der Waals surface area contributed by atoms with Gasteiger partial charge in [-0.15, -0.1) is 0 Å². The van der Waals surface area contributed by atoms with E-state index >= 15 is 0 Å². The molecule has 0 fully saturated rings. The van der Waals surface area contributed by atoms with E-state index in [-0.39, 0.29) is 18.2 Å². The fraction of sp³-hybridized carbons (Fsp3) is 0.0385. The highest BCUT2D eigenvalue weighted by Crippen LogP contribution is 2.33. The van der Waals surface area contributed by atoms with E-state index in [4.69, 9.17) is 9.47 Å². The largest absolute Gasteiger partial charge is 0.454 e. The predicted molar refractivity (Wildman–Crippen MR) is 133 cm³/mol. The molecule has 0 aliphatic carbocycles. The molecule has 1 heterocycles. The van der Waals surface area contributed by atoms with Crippen molar-refractivity contribution >= 4 is 35.9 Å². The summed E-state index contributed by atoms with van der Waals surface area (Å²) in [6.45, 7) is 0.106. The summed E-state index contributed by atoms with van der Waals surface area (Å²) in [5.41, 5.74) is 3.59. The van der Waals surface area contributed by atoms with E-state index in [1.807, 2.05) is 0 Å². The van der Waals surface area contributed by atoms with E-state index in [1.165, 1.54) is 30.5 Å². The minimum absolute atomic E-state index is 0.0521. The van der Waals surface area contributed by atoms with Gasteiger partial charge in [0.15, 0.2) is 11.5 Å². The number of amides is 2. The van der Waals surface area contributed by atoms with Crippen LogP contribution in [0.15, 0.2) is 89.7 Å².